The van der Waals surface area contributed by atoms with Crippen LogP contribution in [0.2, 0.25) is 0 Å². The van der Waals surface area contributed by atoms with Crippen LogP contribution in [0.4, 0.5) is 0 Å². The average molecular weight is 254 g/mol. The predicted molar refractivity (Wildman–Crippen MR) is 76.3 cm³/mol. The maximum atomic E-state index is 11.7. The minimum Gasteiger partial charge on any atom is -0.353 e. The van der Waals surface area contributed by atoms with E-state index >= 15 is 0 Å². The zero-order chi connectivity index (χ0) is 13.4. The zero-order valence-electron chi connectivity index (χ0n) is 12.1. The molecule has 1 saturated carbocycles. The second-order valence-electron chi connectivity index (χ2n) is 5.94. The van der Waals surface area contributed by atoms with Gasteiger partial charge in [0.05, 0.1) is 0 Å². The van der Waals surface area contributed by atoms with Gasteiger partial charge in [-0.25, -0.2) is 0 Å². The molecule has 0 radical (unpaired) electrons. The third kappa shape index (κ3) is 6.39. The monoisotopic (exact) mass is 254 g/mol. The van der Waals surface area contributed by atoms with E-state index in [1.54, 1.807) is 0 Å². The van der Waals surface area contributed by atoms with Crippen molar-refractivity contribution in [2.45, 2.75) is 83.7 Å². The summed E-state index contributed by atoms with van der Waals surface area (Å²) in [6.45, 7) is 4.25. The molecule has 18 heavy (non-hydrogen) atoms. The first-order valence-corrected chi connectivity index (χ1v) is 7.66. The molecule has 1 unspecified atom stereocenters. The summed E-state index contributed by atoms with van der Waals surface area (Å²) in [4.78, 5) is 11.7. The van der Waals surface area contributed by atoms with Crippen LogP contribution in [-0.4, -0.2) is 18.0 Å². The van der Waals surface area contributed by atoms with Gasteiger partial charge in [-0.3, -0.25) is 4.79 Å². The van der Waals surface area contributed by atoms with E-state index in [-0.39, 0.29) is 11.9 Å². The van der Waals surface area contributed by atoms with Gasteiger partial charge in [0.1, 0.15) is 0 Å². The fourth-order valence-corrected chi connectivity index (χ4v) is 2.89. The number of nitrogens with two attached hydrogens (primary N) is 1. The molecule has 1 atom stereocenters. The van der Waals surface area contributed by atoms with Gasteiger partial charge in [-0.15, -0.1) is 0 Å². The van der Waals surface area contributed by atoms with E-state index in [1.807, 2.05) is 6.92 Å². The zero-order valence-corrected chi connectivity index (χ0v) is 12.1. The second-order valence-corrected chi connectivity index (χ2v) is 5.94. The number of carbonyl (C=O) groups excluding carboxylic acids is 1. The van der Waals surface area contributed by atoms with E-state index < -0.39 is 0 Å². The van der Waals surface area contributed by atoms with Gasteiger partial charge in [0.15, 0.2) is 0 Å². The molecule has 0 aromatic rings. The SMILES string of the molecule is CCCC1CCC(NC(=O)CCCC(C)N)CC1. The lowest BCUT2D eigenvalue weighted by Crippen LogP contribution is -2.37. The van der Waals surface area contributed by atoms with Crippen molar-refractivity contribution in [2.75, 3.05) is 0 Å². The molecule has 1 aliphatic rings. The normalized spacial score (nSPS) is 25.7. The van der Waals surface area contributed by atoms with Gasteiger partial charge in [-0.2, -0.15) is 0 Å². The van der Waals surface area contributed by atoms with Crippen molar-refractivity contribution in [3.8, 4) is 0 Å². The molecule has 0 heterocycles. The summed E-state index contributed by atoms with van der Waals surface area (Å²) in [7, 11) is 0. The maximum Gasteiger partial charge on any atom is 0.220 e. The lowest BCUT2D eigenvalue weighted by Gasteiger charge is -2.29. The summed E-state index contributed by atoms with van der Waals surface area (Å²) < 4.78 is 0. The van der Waals surface area contributed by atoms with Crippen molar-refractivity contribution in [3.63, 3.8) is 0 Å². The maximum absolute atomic E-state index is 11.7. The molecule has 1 fully saturated rings. The lowest BCUT2D eigenvalue weighted by atomic mass is 9.83. The third-order valence-corrected chi connectivity index (χ3v) is 3.97. The quantitative estimate of drug-likeness (QED) is 0.734. The van der Waals surface area contributed by atoms with Gasteiger partial charge >= 0.3 is 0 Å². The van der Waals surface area contributed by atoms with Crippen LogP contribution in [0.1, 0.15) is 71.6 Å². The molecule has 0 spiro atoms. The summed E-state index contributed by atoms with van der Waals surface area (Å²) in [5.41, 5.74) is 5.67. The van der Waals surface area contributed by atoms with Crippen LogP contribution in [0.3, 0.4) is 0 Å². The number of amides is 1. The van der Waals surface area contributed by atoms with Crippen LogP contribution in [0.25, 0.3) is 0 Å². The first kappa shape index (κ1) is 15.5. The molecule has 0 aromatic heterocycles. The molecule has 0 bridgehead atoms. The van der Waals surface area contributed by atoms with Crippen LogP contribution in [0.15, 0.2) is 0 Å². The fraction of sp³-hybridized carbons (Fsp3) is 0.933. The van der Waals surface area contributed by atoms with Gasteiger partial charge in [-0.05, 0) is 51.4 Å². The van der Waals surface area contributed by atoms with Gasteiger partial charge in [0.25, 0.3) is 0 Å². The van der Waals surface area contributed by atoms with Gasteiger partial charge in [0, 0.05) is 18.5 Å². The molecular formula is C15H30N2O. The molecule has 0 aliphatic heterocycles. The first-order valence-electron chi connectivity index (χ1n) is 7.66. The molecule has 106 valence electrons. The average Bonchev–Trinajstić information content (AvgIpc) is 2.31. The lowest BCUT2D eigenvalue weighted by molar-refractivity contribution is -0.122. The predicted octanol–water partition coefficient (Wildman–Crippen LogP) is 2.98. The molecule has 3 nitrogen and oxygen atoms in total. The largest absolute Gasteiger partial charge is 0.353 e. The molecule has 0 aromatic carbocycles. The smallest absolute Gasteiger partial charge is 0.220 e. The Labute approximate surface area is 112 Å². The van der Waals surface area contributed by atoms with Gasteiger partial charge < -0.3 is 11.1 Å². The van der Waals surface area contributed by atoms with Crippen LogP contribution >= 0.6 is 0 Å². The van der Waals surface area contributed by atoms with Crippen molar-refractivity contribution >= 4 is 5.91 Å². The highest BCUT2D eigenvalue weighted by molar-refractivity contribution is 5.76. The van der Waals surface area contributed by atoms with E-state index in [2.05, 4.69) is 12.2 Å². The summed E-state index contributed by atoms with van der Waals surface area (Å²) in [5.74, 6) is 1.12. The Kier molecular flexibility index (Phi) is 7.33. The molecular weight excluding hydrogens is 224 g/mol. The Morgan fingerprint density at radius 1 is 1.33 bits per heavy atom. The molecule has 1 amide bonds. The molecule has 3 heteroatoms. The van der Waals surface area contributed by atoms with Crippen molar-refractivity contribution in [3.05, 3.63) is 0 Å². The van der Waals surface area contributed by atoms with Crippen molar-refractivity contribution < 1.29 is 4.79 Å². The summed E-state index contributed by atoms with van der Waals surface area (Å²) >= 11 is 0. The summed E-state index contributed by atoms with van der Waals surface area (Å²) in [6.07, 6.45) is 10.1. The summed E-state index contributed by atoms with van der Waals surface area (Å²) in [5, 5.41) is 3.18. The second kappa shape index (κ2) is 8.52. The third-order valence-electron chi connectivity index (χ3n) is 3.97. The number of hydrogen-bond donors (Lipinski definition) is 2. The fourth-order valence-electron chi connectivity index (χ4n) is 2.89. The highest BCUT2D eigenvalue weighted by Crippen LogP contribution is 2.27. The number of nitrogens with one attached hydrogen (secondary N) is 1. The van der Waals surface area contributed by atoms with E-state index in [1.165, 1.54) is 38.5 Å². The van der Waals surface area contributed by atoms with Crippen molar-refractivity contribution in [1.82, 2.24) is 5.32 Å². The van der Waals surface area contributed by atoms with Crippen molar-refractivity contribution in [2.24, 2.45) is 11.7 Å². The molecule has 1 aliphatic carbocycles. The summed E-state index contributed by atoms with van der Waals surface area (Å²) in [6, 6.07) is 0.642. The van der Waals surface area contributed by atoms with Gasteiger partial charge in [0.2, 0.25) is 5.91 Å². The van der Waals surface area contributed by atoms with Gasteiger partial charge in [-0.1, -0.05) is 19.8 Å². The van der Waals surface area contributed by atoms with E-state index in [0.717, 1.165) is 18.8 Å². The van der Waals surface area contributed by atoms with Crippen molar-refractivity contribution in [1.29, 1.82) is 0 Å². The number of hydrogen-bond acceptors (Lipinski definition) is 2. The number of carbonyl (C=O) groups is 1. The Bertz CT molecular complexity index is 233. The van der Waals surface area contributed by atoms with E-state index in [9.17, 15) is 4.79 Å². The first-order chi connectivity index (χ1) is 8.61. The van der Waals surface area contributed by atoms with Crippen LogP contribution in [0.5, 0.6) is 0 Å². The minimum atomic E-state index is 0.210. The van der Waals surface area contributed by atoms with E-state index in [4.69, 9.17) is 5.73 Å². The Hall–Kier alpha value is -0.570. The Balaban J connectivity index is 2.10. The van der Waals surface area contributed by atoms with Crippen LogP contribution in [-0.2, 0) is 4.79 Å². The Morgan fingerprint density at radius 2 is 2.00 bits per heavy atom. The minimum absolute atomic E-state index is 0.210. The van der Waals surface area contributed by atoms with Crippen LogP contribution < -0.4 is 11.1 Å². The molecule has 0 saturated heterocycles. The number of rotatable bonds is 7. The molecule has 1 rings (SSSR count). The Morgan fingerprint density at radius 3 is 2.56 bits per heavy atom. The standard InChI is InChI=1S/C15H30N2O/c1-3-5-13-8-10-14(11-9-13)17-15(18)7-4-6-12(2)16/h12-14H,3-11,16H2,1-2H3,(H,17,18). The molecule has 3 N–H and O–H groups in total. The highest BCUT2D eigenvalue weighted by Gasteiger charge is 2.21. The highest BCUT2D eigenvalue weighted by atomic mass is 16.1. The van der Waals surface area contributed by atoms with E-state index in [0.29, 0.717) is 12.5 Å². The van der Waals surface area contributed by atoms with Crippen LogP contribution in [0, 0.1) is 5.92 Å². The topological polar surface area (TPSA) is 55.1 Å².